The Morgan fingerprint density at radius 1 is 1.22 bits per heavy atom. The monoisotopic (exact) mass is 315 g/mol. The molecule has 0 radical (unpaired) electrons. The van der Waals surface area contributed by atoms with Gasteiger partial charge in [0.05, 0.1) is 7.11 Å². The zero-order valence-corrected chi connectivity index (χ0v) is 14.4. The van der Waals surface area contributed by atoms with Gasteiger partial charge in [0.1, 0.15) is 5.75 Å². The van der Waals surface area contributed by atoms with Crippen molar-refractivity contribution in [3.8, 4) is 5.75 Å². The second-order valence-electron chi connectivity index (χ2n) is 6.94. The molecule has 2 fully saturated rings. The molecule has 0 aliphatic heterocycles. The van der Waals surface area contributed by atoms with Crippen molar-refractivity contribution in [3.05, 3.63) is 29.8 Å². The fourth-order valence-electron chi connectivity index (χ4n) is 3.65. The normalized spacial score (nSPS) is 19.8. The molecule has 4 heteroatoms. The molecule has 0 atom stereocenters. The van der Waals surface area contributed by atoms with Crippen LogP contribution in [0.4, 0.5) is 0 Å². The zero-order valence-electron chi connectivity index (χ0n) is 14.4. The van der Waals surface area contributed by atoms with Gasteiger partial charge in [0, 0.05) is 20.1 Å². The molecule has 2 saturated carbocycles. The summed E-state index contributed by atoms with van der Waals surface area (Å²) in [5.74, 6) is 2.82. The van der Waals surface area contributed by atoms with Gasteiger partial charge in [-0.1, -0.05) is 18.6 Å². The van der Waals surface area contributed by atoms with Crippen LogP contribution in [0.15, 0.2) is 29.3 Å². The lowest BCUT2D eigenvalue weighted by Gasteiger charge is -2.43. The summed E-state index contributed by atoms with van der Waals surface area (Å²) in [7, 11) is 3.55. The Bertz CT molecular complexity index is 530. The van der Waals surface area contributed by atoms with Gasteiger partial charge in [-0.2, -0.15) is 0 Å². The van der Waals surface area contributed by atoms with Crippen molar-refractivity contribution in [2.75, 3.05) is 27.2 Å². The third-order valence-corrected chi connectivity index (χ3v) is 5.49. The number of nitrogens with one attached hydrogen (secondary N) is 2. The minimum absolute atomic E-state index is 0.577. The van der Waals surface area contributed by atoms with Gasteiger partial charge in [0.15, 0.2) is 5.96 Å². The number of hydrogen-bond donors (Lipinski definition) is 2. The number of methoxy groups -OCH3 is 1. The quantitative estimate of drug-likeness (QED) is 0.600. The van der Waals surface area contributed by atoms with Crippen molar-refractivity contribution in [3.63, 3.8) is 0 Å². The van der Waals surface area contributed by atoms with Crippen LogP contribution in [-0.2, 0) is 6.42 Å². The lowest BCUT2D eigenvalue weighted by molar-refractivity contribution is 0.106. The van der Waals surface area contributed by atoms with Crippen LogP contribution in [0.3, 0.4) is 0 Å². The molecule has 0 bridgehead atoms. The van der Waals surface area contributed by atoms with Crippen molar-refractivity contribution in [1.29, 1.82) is 0 Å². The summed E-state index contributed by atoms with van der Waals surface area (Å²) >= 11 is 0. The highest BCUT2D eigenvalue weighted by Gasteiger charge is 2.48. The van der Waals surface area contributed by atoms with Crippen molar-refractivity contribution in [1.82, 2.24) is 10.6 Å². The van der Waals surface area contributed by atoms with E-state index in [9.17, 15) is 0 Å². The number of benzene rings is 1. The van der Waals surface area contributed by atoms with E-state index in [0.29, 0.717) is 5.41 Å². The Kier molecular flexibility index (Phi) is 5.09. The summed E-state index contributed by atoms with van der Waals surface area (Å²) in [6, 6.07) is 8.26. The van der Waals surface area contributed by atoms with E-state index >= 15 is 0 Å². The molecule has 3 rings (SSSR count). The average Bonchev–Trinajstić information content (AvgIpc) is 3.38. The van der Waals surface area contributed by atoms with Crippen molar-refractivity contribution >= 4 is 5.96 Å². The number of guanidine groups is 1. The SMILES string of the molecule is CN=C(NCCc1ccc(OC)cc1)NCC1(C2CC2)CCC1. The van der Waals surface area contributed by atoms with E-state index < -0.39 is 0 Å². The van der Waals surface area contributed by atoms with Crippen LogP contribution in [0.5, 0.6) is 5.75 Å². The zero-order chi connectivity index (χ0) is 16.1. The molecule has 0 saturated heterocycles. The van der Waals surface area contributed by atoms with Crippen LogP contribution >= 0.6 is 0 Å². The molecular weight excluding hydrogens is 286 g/mol. The number of ether oxygens (including phenoxy) is 1. The summed E-state index contributed by atoms with van der Waals surface area (Å²) in [6.07, 6.45) is 8.05. The molecule has 4 nitrogen and oxygen atoms in total. The van der Waals surface area contributed by atoms with Gasteiger partial charge in [-0.15, -0.1) is 0 Å². The molecule has 0 aromatic heterocycles. The Labute approximate surface area is 139 Å². The molecule has 2 aliphatic rings. The minimum Gasteiger partial charge on any atom is -0.497 e. The standard InChI is InChI=1S/C19H29N3O/c1-20-18(22-14-19(11-3-12-19)16-6-7-16)21-13-10-15-4-8-17(23-2)9-5-15/h4-5,8-9,16H,3,6-7,10-14H2,1-2H3,(H2,20,21,22). The molecule has 2 aliphatic carbocycles. The molecule has 0 spiro atoms. The van der Waals surface area contributed by atoms with Crippen molar-refractivity contribution in [2.45, 2.75) is 38.5 Å². The van der Waals surface area contributed by atoms with Crippen LogP contribution in [0.25, 0.3) is 0 Å². The Balaban J connectivity index is 1.40. The summed E-state index contributed by atoms with van der Waals surface area (Å²) in [4.78, 5) is 4.36. The van der Waals surface area contributed by atoms with E-state index in [0.717, 1.165) is 37.1 Å². The summed E-state index contributed by atoms with van der Waals surface area (Å²) in [5.41, 5.74) is 1.88. The van der Waals surface area contributed by atoms with E-state index in [1.54, 1.807) is 7.11 Å². The smallest absolute Gasteiger partial charge is 0.191 e. The molecule has 0 heterocycles. The first-order valence-corrected chi connectivity index (χ1v) is 8.83. The lowest BCUT2D eigenvalue weighted by Crippen LogP contribution is -2.47. The molecule has 23 heavy (non-hydrogen) atoms. The third kappa shape index (κ3) is 3.98. The minimum atomic E-state index is 0.577. The average molecular weight is 315 g/mol. The van der Waals surface area contributed by atoms with E-state index in [2.05, 4.69) is 27.8 Å². The molecule has 0 unspecified atom stereocenters. The van der Waals surface area contributed by atoms with Crippen LogP contribution < -0.4 is 15.4 Å². The van der Waals surface area contributed by atoms with Crippen LogP contribution in [0.1, 0.15) is 37.7 Å². The molecule has 0 amide bonds. The van der Waals surface area contributed by atoms with Crippen LogP contribution in [0.2, 0.25) is 0 Å². The molecular formula is C19H29N3O. The largest absolute Gasteiger partial charge is 0.497 e. The second-order valence-corrected chi connectivity index (χ2v) is 6.94. The molecule has 126 valence electrons. The first kappa shape index (κ1) is 16.2. The highest BCUT2D eigenvalue weighted by atomic mass is 16.5. The van der Waals surface area contributed by atoms with Crippen LogP contribution in [-0.4, -0.2) is 33.2 Å². The maximum absolute atomic E-state index is 5.19. The topological polar surface area (TPSA) is 45.7 Å². The van der Waals surface area contributed by atoms with E-state index in [-0.39, 0.29) is 0 Å². The van der Waals surface area contributed by atoms with Gasteiger partial charge in [-0.3, -0.25) is 4.99 Å². The van der Waals surface area contributed by atoms with Crippen LogP contribution in [0, 0.1) is 11.3 Å². The van der Waals surface area contributed by atoms with Crippen molar-refractivity contribution < 1.29 is 4.74 Å². The number of rotatable bonds is 7. The lowest BCUT2D eigenvalue weighted by atomic mass is 9.65. The Morgan fingerprint density at radius 2 is 1.96 bits per heavy atom. The first-order valence-electron chi connectivity index (χ1n) is 8.83. The van der Waals surface area contributed by atoms with Gasteiger partial charge in [0.2, 0.25) is 0 Å². The van der Waals surface area contributed by atoms with Gasteiger partial charge in [-0.25, -0.2) is 0 Å². The van der Waals surface area contributed by atoms with E-state index in [4.69, 9.17) is 4.74 Å². The number of hydrogen-bond acceptors (Lipinski definition) is 2. The van der Waals surface area contributed by atoms with E-state index in [1.165, 1.54) is 37.7 Å². The fraction of sp³-hybridized carbons (Fsp3) is 0.632. The van der Waals surface area contributed by atoms with Crippen molar-refractivity contribution in [2.24, 2.45) is 16.3 Å². The number of aliphatic imine (C=N–C) groups is 1. The van der Waals surface area contributed by atoms with Gasteiger partial charge < -0.3 is 15.4 Å². The molecule has 1 aromatic carbocycles. The molecule has 2 N–H and O–H groups in total. The Morgan fingerprint density at radius 3 is 2.48 bits per heavy atom. The summed E-state index contributed by atoms with van der Waals surface area (Å²) in [5, 5.41) is 6.99. The highest BCUT2D eigenvalue weighted by Crippen LogP contribution is 2.56. The predicted molar refractivity (Wildman–Crippen MR) is 95.1 cm³/mol. The fourth-order valence-corrected chi connectivity index (χ4v) is 3.65. The maximum atomic E-state index is 5.19. The van der Waals surface area contributed by atoms with Gasteiger partial charge in [-0.05, 0) is 61.1 Å². The number of nitrogens with zero attached hydrogens (tertiary/aromatic N) is 1. The first-order chi connectivity index (χ1) is 11.3. The highest BCUT2D eigenvalue weighted by molar-refractivity contribution is 5.79. The van der Waals surface area contributed by atoms with Gasteiger partial charge >= 0.3 is 0 Å². The summed E-state index contributed by atoms with van der Waals surface area (Å²) < 4.78 is 5.19. The van der Waals surface area contributed by atoms with E-state index in [1.807, 2.05) is 19.2 Å². The van der Waals surface area contributed by atoms with Gasteiger partial charge in [0.25, 0.3) is 0 Å². The third-order valence-electron chi connectivity index (χ3n) is 5.49. The summed E-state index contributed by atoms with van der Waals surface area (Å²) in [6.45, 7) is 1.97. The maximum Gasteiger partial charge on any atom is 0.191 e. The second kappa shape index (κ2) is 7.24. The predicted octanol–water partition coefficient (Wildman–Crippen LogP) is 2.98. The Hall–Kier alpha value is -1.71. The molecule has 1 aromatic rings.